The van der Waals surface area contributed by atoms with Crippen molar-refractivity contribution >= 4 is 0 Å². The number of hydrogen-bond acceptors (Lipinski definition) is 1. The lowest BCUT2D eigenvalue weighted by Gasteiger charge is -2.17. The molecule has 0 unspecified atom stereocenters. The minimum absolute atomic E-state index is 0.00161. The first kappa shape index (κ1) is 20.6. The first-order chi connectivity index (χ1) is 12.5. The third kappa shape index (κ3) is 6.53. The van der Waals surface area contributed by atoms with Gasteiger partial charge < -0.3 is 4.74 Å². The summed E-state index contributed by atoms with van der Waals surface area (Å²) in [5, 5.41) is 0. The maximum absolute atomic E-state index is 14.2. The summed E-state index contributed by atoms with van der Waals surface area (Å²) in [4.78, 5) is 0. The van der Waals surface area contributed by atoms with Crippen molar-refractivity contribution in [2.24, 2.45) is 0 Å². The van der Waals surface area contributed by atoms with Crippen molar-refractivity contribution in [1.82, 2.24) is 0 Å². The van der Waals surface area contributed by atoms with E-state index < -0.39 is 6.11 Å². The van der Waals surface area contributed by atoms with E-state index >= 15 is 0 Å². The lowest BCUT2D eigenvalue weighted by molar-refractivity contribution is -0.248. The van der Waals surface area contributed by atoms with Crippen LogP contribution in [0.5, 0.6) is 0 Å². The Hall–Kier alpha value is -1.74. The summed E-state index contributed by atoms with van der Waals surface area (Å²) in [6.07, 6.45) is 3.75. The van der Waals surface area contributed by atoms with E-state index in [2.05, 4.69) is 26.0 Å². The van der Waals surface area contributed by atoms with Gasteiger partial charge in [-0.05, 0) is 42.4 Å². The van der Waals surface area contributed by atoms with Crippen LogP contribution < -0.4 is 0 Å². The Balaban J connectivity index is 1.83. The van der Waals surface area contributed by atoms with Gasteiger partial charge in [0, 0.05) is 0 Å². The van der Waals surface area contributed by atoms with Gasteiger partial charge in [0.05, 0.1) is 12.2 Å². The van der Waals surface area contributed by atoms with Crippen molar-refractivity contribution in [3.05, 3.63) is 70.8 Å². The van der Waals surface area contributed by atoms with Crippen LogP contribution in [0.4, 0.5) is 8.78 Å². The van der Waals surface area contributed by atoms with Gasteiger partial charge in [-0.25, -0.2) is 0 Å². The molecular formula is C23H30F2O. The van der Waals surface area contributed by atoms with E-state index in [0.717, 1.165) is 43.2 Å². The maximum Gasteiger partial charge on any atom is 0.383 e. The quantitative estimate of drug-likeness (QED) is 0.406. The van der Waals surface area contributed by atoms with Crippen molar-refractivity contribution in [3.8, 4) is 0 Å². The molecule has 26 heavy (non-hydrogen) atoms. The molecule has 0 spiro atoms. The maximum atomic E-state index is 14.2. The topological polar surface area (TPSA) is 9.23 Å². The highest BCUT2D eigenvalue weighted by Crippen LogP contribution is 2.30. The third-order valence-corrected chi connectivity index (χ3v) is 4.59. The van der Waals surface area contributed by atoms with Gasteiger partial charge in [-0.3, -0.25) is 0 Å². The Morgan fingerprint density at radius 2 is 1.23 bits per heavy atom. The van der Waals surface area contributed by atoms with Crippen LogP contribution >= 0.6 is 0 Å². The predicted molar refractivity (Wildman–Crippen MR) is 104 cm³/mol. The minimum Gasteiger partial charge on any atom is -0.316 e. The Morgan fingerprint density at radius 3 is 1.81 bits per heavy atom. The summed E-state index contributed by atoms with van der Waals surface area (Å²) < 4.78 is 33.4. The SMILES string of the molecule is CCCCCc1ccc(C(F)(F)OCCc2ccc(CCC)cc2)cc1. The van der Waals surface area contributed by atoms with E-state index in [1.807, 2.05) is 12.1 Å². The molecule has 3 heteroatoms. The monoisotopic (exact) mass is 360 g/mol. The van der Waals surface area contributed by atoms with Gasteiger partial charge in [0.25, 0.3) is 0 Å². The zero-order chi connectivity index (χ0) is 18.8. The van der Waals surface area contributed by atoms with Crippen molar-refractivity contribution < 1.29 is 13.5 Å². The Kier molecular flexibility index (Phi) is 8.24. The molecule has 2 aromatic rings. The van der Waals surface area contributed by atoms with E-state index in [-0.39, 0.29) is 12.2 Å². The molecule has 0 N–H and O–H groups in total. The fraction of sp³-hybridized carbons (Fsp3) is 0.478. The largest absolute Gasteiger partial charge is 0.383 e. The molecule has 0 heterocycles. The third-order valence-electron chi connectivity index (χ3n) is 4.59. The number of unbranched alkanes of at least 4 members (excludes halogenated alkanes) is 2. The zero-order valence-corrected chi connectivity index (χ0v) is 15.9. The number of halogens is 2. The average molecular weight is 360 g/mol. The molecule has 0 saturated carbocycles. The summed E-state index contributed by atoms with van der Waals surface area (Å²) >= 11 is 0. The fourth-order valence-electron chi connectivity index (χ4n) is 2.99. The first-order valence-corrected chi connectivity index (χ1v) is 9.74. The zero-order valence-electron chi connectivity index (χ0n) is 15.9. The van der Waals surface area contributed by atoms with Gasteiger partial charge in [-0.15, -0.1) is 0 Å². The van der Waals surface area contributed by atoms with Gasteiger partial charge in [0.15, 0.2) is 0 Å². The molecule has 2 rings (SSSR count). The second-order valence-electron chi connectivity index (χ2n) is 6.84. The molecule has 2 aromatic carbocycles. The lowest BCUT2D eigenvalue weighted by atomic mass is 10.0. The minimum atomic E-state index is -3.25. The summed E-state index contributed by atoms with van der Waals surface area (Å²) in [5.41, 5.74) is 3.33. The smallest absolute Gasteiger partial charge is 0.316 e. The molecule has 0 saturated heterocycles. The second-order valence-corrected chi connectivity index (χ2v) is 6.84. The molecule has 0 amide bonds. The Bertz CT molecular complexity index is 632. The number of benzene rings is 2. The molecule has 0 radical (unpaired) electrons. The molecule has 142 valence electrons. The highest BCUT2D eigenvalue weighted by Gasteiger charge is 2.32. The Labute approximate surface area is 156 Å². The fourth-order valence-corrected chi connectivity index (χ4v) is 2.99. The molecule has 0 aliphatic rings. The highest BCUT2D eigenvalue weighted by molar-refractivity contribution is 5.25. The Morgan fingerprint density at radius 1 is 0.692 bits per heavy atom. The summed E-state index contributed by atoms with van der Waals surface area (Å²) in [5.74, 6) is 0. The standard InChI is InChI=1S/C23H30F2O/c1-3-5-6-8-20-13-15-22(16-14-20)23(24,25)26-18-17-21-11-9-19(7-4-2)10-12-21/h9-16H,3-8,17-18H2,1-2H3. The number of rotatable bonds is 11. The van der Waals surface area contributed by atoms with Gasteiger partial charge in [0.2, 0.25) is 0 Å². The molecule has 1 nitrogen and oxygen atoms in total. The highest BCUT2D eigenvalue weighted by atomic mass is 19.3. The molecule has 0 aliphatic carbocycles. The van der Waals surface area contributed by atoms with Crippen LogP contribution in [0.15, 0.2) is 48.5 Å². The van der Waals surface area contributed by atoms with E-state index in [1.54, 1.807) is 12.1 Å². The number of alkyl halides is 2. The van der Waals surface area contributed by atoms with Gasteiger partial charge >= 0.3 is 6.11 Å². The summed E-state index contributed by atoms with van der Waals surface area (Å²) in [6.45, 7) is 4.29. The van der Waals surface area contributed by atoms with Crippen molar-refractivity contribution in [2.45, 2.75) is 64.9 Å². The molecule has 0 atom stereocenters. The number of hydrogen-bond donors (Lipinski definition) is 0. The van der Waals surface area contributed by atoms with Crippen LogP contribution in [0.1, 0.15) is 61.8 Å². The predicted octanol–water partition coefficient (Wildman–Crippen LogP) is 6.68. The van der Waals surface area contributed by atoms with Crippen LogP contribution in [0.2, 0.25) is 0 Å². The first-order valence-electron chi connectivity index (χ1n) is 9.74. The normalized spacial score (nSPS) is 11.7. The van der Waals surface area contributed by atoms with Crippen LogP contribution in [0.3, 0.4) is 0 Å². The van der Waals surface area contributed by atoms with Crippen LogP contribution in [0.25, 0.3) is 0 Å². The molecule has 0 fully saturated rings. The lowest BCUT2D eigenvalue weighted by Crippen LogP contribution is -2.19. The summed E-state index contributed by atoms with van der Waals surface area (Å²) in [7, 11) is 0. The van der Waals surface area contributed by atoms with Crippen molar-refractivity contribution in [3.63, 3.8) is 0 Å². The van der Waals surface area contributed by atoms with Gasteiger partial charge in [0.1, 0.15) is 0 Å². The number of ether oxygens (including phenoxy) is 1. The summed E-state index contributed by atoms with van der Waals surface area (Å²) in [6, 6.07) is 14.7. The second kappa shape index (κ2) is 10.4. The van der Waals surface area contributed by atoms with E-state index in [1.165, 1.54) is 24.1 Å². The molecule has 0 aromatic heterocycles. The molecule has 0 aliphatic heterocycles. The number of aryl methyl sites for hydroxylation is 2. The van der Waals surface area contributed by atoms with E-state index in [0.29, 0.717) is 6.42 Å². The van der Waals surface area contributed by atoms with Crippen molar-refractivity contribution in [1.29, 1.82) is 0 Å². The van der Waals surface area contributed by atoms with Gasteiger partial charge in [-0.1, -0.05) is 81.6 Å². The molecule has 0 bridgehead atoms. The van der Waals surface area contributed by atoms with Crippen LogP contribution in [-0.4, -0.2) is 6.61 Å². The van der Waals surface area contributed by atoms with Crippen molar-refractivity contribution in [2.75, 3.05) is 6.61 Å². The van der Waals surface area contributed by atoms with Gasteiger partial charge in [-0.2, -0.15) is 8.78 Å². The van der Waals surface area contributed by atoms with E-state index in [4.69, 9.17) is 4.74 Å². The van der Waals surface area contributed by atoms with Crippen LogP contribution in [0, 0.1) is 0 Å². The van der Waals surface area contributed by atoms with Crippen LogP contribution in [-0.2, 0) is 30.1 Å². The average Bonchev–Trinajstić information content (AvgIpc) is 2.64. The molecular weight excluding hydrogens is 330 g/mol. The van der Waals surface area contributed by atoms with E-state index in [9.17, 15) is 8.78 Å².